The number of benzene rings is 2. The minimum absolute atomic E-state index is 1.07. The Morgan fingerprint density at radius 2 is 1.73 bits per heavy atom. The molecule has 0 saturated carbocycles. The molecule has 6 rings (SSSR count). The molecule has 0 unspecified atom stereocenters. The highest BCUT2D eigenvalue weighted by Crippen LogP contribution is 2.39. The number of hydrogen-bond acceptors (Lipinski definition) is 2. The summed E-state index contributed by atoms with van der Waals surface area (Å²) in [6, 6.07) is 12.7. The van der Waals surface area contributed by atoms with E-state index in [2.05, 4.69) is 57.8 Å². The van der Waals surface area contributed by atoms with Gasteiger partial charge in [-0.05, 0) is 55.0 Å². The third kappa shape index (κ3) is 1.84. The standard InChI is InChI=1S/C22H18N4/c1-2-7-15-14(6-1)21-17-12-24-26-19(17)9-10-20(21)25-22(15)16-11-23-18-8-4-3-5-13(16)18/h3-5,8-12,23H,1-2,6-7H2,(H,24,26). The van der Waals surface area contributed by atoms with Gasteiger partial charge in [0.25, 0.3) is 0 Å². The van der Waals surface area contributed by atoms with Gasteiger partial charge in [-0.2, -0.15) is 5.10 Å². The molecule has 0 amide bonds. The average molecular weight is 338 g/mol. The molecule has 4 nitrogen and oxygen atoms in total. The largest absolute Gasteiger partial charge is 0.360 e. The fourth-order valence-corrected chi connectivity index (χ4v) is 4.54. The predicted molar refractivity (Wildman–Crippen MR) is 105 cm³/mol. The molecular weight excluding hydrogens is 320 g/mol. The summed E-state index contributed by atoms with van der Waals surface area (Å²) < 4.78 is 0. The maximum absolute atomic E-state index is 5.15. The minimum atomic E-state index is 1.07. The van der Waals surface area contributed by atoms with E-state index >= 15 is 0 Å². The summed E-state index contributed by atoms with van der Waals surface area (Å²) in [7, 11) is 0. The van der Waals surface area contributed by atoms with Gasteiger partial charge in [-0.15, -0.1) is 0 Å². The van der Waals surface area contributed by atoms with Gasteiger partial charge in [-0.1, -0.05) is 18.2 Å². The summed E-state index contributed by atoms with van der Waals surface area (Å²) >= 11 is 0. The van der Waals surface area contributed by atoms with Crippen LogP contribution in [-0.4, -0.2) is 20.2 Å². The van der Waals surface area contributed by atoms with Crippen LogP contribution in [0.25, 0.3) is 44.0 Å². The van der Waals surface area contributed by atoms with Gasteiger partial charge >= 0.3 is 0 Å². The van der Waals surface area contributed by atoms with E-state index in [0.29, 0.717) is 0 Å². The van der Waals surface area contributed by atoms with Gasteiger partial charge in [0, 0.05) is 33.4 Å². The first kappa shape index (κ1) is 14.1. The molecule has 3 heterocycles. The van der Waals surface area contributed by atoms with Crippen molar-refractivity contribution in [3.8, 4) is 11.3 Å². The Bertz CT molecular complexity index is 1290. The molecule has 1 aliphatic carbocycles. The summed E-state index contributed by atoms with van der Waals surface area (Å²) in [4.78, 5) is 8.56. The Morgan fingerprint density at radius 3 is 2.69 bits per heavy atom. The molecular formula is C22H18N4. The van der Waals surface area contributed by atoms with Crippen molar-refractivity contribution >= 4 is 32.7 Å². The van der Waals surface area contributed by atoms with Gasteiger partial charge in [0.1, 0.15) is 0 Å². The SMILES string of the molecule is c1ccc2c(-c3nc4ccc5[nH]ncc5c4c4c3CCCC4)c[nH]c2c1. The smallest absolute Gasteiger partial charge is 0.0765 e. The fourth-order valence-electron chi connectivity index (χ4n) is 4.54. The van der Waals surface area contributed by atoms with Crippen LogP contribution in [-0.2, 0) is 12.8 Å². The van der Waals surface area contributed by atoms with Crippen LogP contribution in [0, 0.1) is 0 Å². The summed E-state index contributed by atoms with van der Waals surface area (Å²) in [6.45, 7) is 0. The van der Waals surface area contributed by atoms with Gasteiger partial charge < -0.3 is 4.98 Å². The molecule has 5 aromatic rings. The van der Waals surface area contributed by atoms with E-state index in [9.17, 15) is 0 Å². The molecule has 0 saturated heterocycles. The second kappa shape index (κ2) is 5.18. The number of pyridine rings is 1. The van der Waals surface area contributed by atoms with E-state index in [0.717, 1.165) is 29.6 Å². The molecule has 0 atom stereocenters. The Labute approximate surface area is 150 Å². The highest BCUT2D eigenvalue weighted by molar-refractivity contribution is 6.08. The lowest BCUT2D eigenvalue weighted by atomic mass is 9.85. The van der Waals surface area contributed by atoms with Crippen LogP contribution >= 0.6 is 0 Å². The number of fused-ring (bicyclic) bond motifs is 6. The number of aryl methyl sites for hydroxylation is 1. The molecule has 0 aliphatic heterocycles. The number of nitrogens with one attached hydrogen (secondary N) is 2. The molecule has 0 spiro atoms. The second-order valence-electron chi connectivity index (χ2n) is 7.16. The van der Waals surface area contributed by atoms with Crippen molar-refractivity contribution in [2.75, 3.05) is 0 Å². The monoisotopic (exact) mass is 338 g/mol. The first-order valence-electron chi connectivity index (χ1n) is 9.24. The Hall–Kier alpha value is -3.14. The van der Waals surface area contributed by atoms with Crippen LogP contribution in [0.1, 0.15) is 24.0 Å². The molecule has 4 heteroatoms. The average Bonchev–Trinajstić information content (AvgIpc) is 3.34. The minimum Gasteiger partial charge on any atom is -0.360 e. The molecule has 0 radical (unpaired) electrons. The molecule has 1 aliphatic rings. The summed E-state index contributed by atoms with van der Waals surface area (Å²) in [6.07, 6.45) is 8.75. The van der Waals surface area contributed by atoms with E-state index < -0.39 is 0 Å². The Balaban J connectivity index is 1.75. The van der Waals surface area contributed by atoms with Gasteiger partial charge in [0.15, 0.2) is 0 Å². The van der Waals surface area contributed by atoms with Crippen LogP contribution in [0.3, 0.4) is 0 Å². The molecule has 2 N–H and O–H groups in total. The zero-order chi connectivity index (χ0) is 17.1. The van der Waals surface area contributed by atoms with E-state index in [4.69, 9.17) is 4.98 Å². The second-order valence-corrected chi connectivity index (χ2v) is 7.16. The highest BCUT2D eigenvalue weighted by Gasteiger charge is 2.22. The van der Waals surface area contributed by atoms with Gasteiger partial charge in [-0.3, -0.25) is 5.10 Å². The normalized spacial score (nSPS) is 14.3. The zero-order valence-electron chi connectivity index (χ0n) is 14.3. The number of rotatable bonds is 1. The molecule has 0 fully saturated rings. The maximum Gasteiger partial charge on any atom is 0.0765 e. The van der Waals surface area contributed by atoms with E-state index in [-0.39, 0.29) is 0 Å². The van der Waals surface area contributed by atoms with Crippen molar-refractivity contribution in [3.63, 3.8) is 0 Å². The Kier molecular flexibility index (Phi) is 2.80. The number of para-hydroxylation sites is 1. The van der Waals surface area contributed by atoms with Crippen LogP contribution in [0.15, 0.2) is 48.8 Å². The first-order chi connectivity index (χ1) is 12.9. The molecule has 26 heavy (non-hydrogen) atoms. The third-order valence-electron chi connectivity index (χ3n) is 5.73. The summed E-state index contributed by atoms with van der Waals surface area (Å²) in [5, 5.41) is 11.1. The zero-order valence-corrected chi connectivity index (χ0v) is 14.3. The lowest BCUT2D eigenvalue weighted by molar-refractivity contribution is 0.689. The van der Waals surface area contributed by atoms with Gasteiger partial charge in [-0.25, -0.2) is 4.98 Å². The number of aromatic amines is 2. The van der Waals surface area contributed by atoms with E-state index in [1.807, 2.05) is 6.20 Å². The van der Waals surface area contributed by atoms with E-state index in [1.165, 1.54) is 51.2 Å². The predicted octanol–water partition coefficient (Wildman–Crippen LogP) is 5.14. The molecule has 126 valence electrons. The van der Waals surface area contributed by atoms with Crippen molar-refractivity contribution in [2.24, 2.45) is 0 Å². The fraction of sp³-hybridized carbons (Fsp3) is 0.182. The number of aromatic nitrogens is 4. The lowest BCUT2D eigenvalue weighted by Crippen LogP contribution is -2.07. The quantitative estimate of drug-likeness (QED) is 0.445. The van der Waals surface area contributed by atoms with Gasteiger partial charge in [0.05, 0.1) is 22.9 Å². The van der Waals surface area contributed by atoms with Crippen molar-refractivity contribution < 1.29 is 0 Å². The summed E-state index contributed by atoms with van der Waals surface area (Å²) in [5.41, 5.74) is 8.57. The first-order valence-corrected chi connectivity index (χ1v) is 9.24. The van der Waals surface area contributed by atoms with Crippen molar-refractivity contribution in [3.05, 3.63) is 59.9 Å². The van der Waals surface area contributed by atoms with Crippen LogP contribution in [0.4, 0.5) is 0 Å². The maximum atomic E-state index is 5.15. The molecule has 2 aromatic carbocycles. The summed E-state index contributed by atoms with van der Waals surface area (Å²) in [5.74, 6) is 0. The van der Waals surface area contributed by atoms with Crippen LogP contribution in [0.2, 0.25) is 0 Å². The van der Waals surface area contributed by atoms with Crippen molar-refractivity contribution in [1.82, 2.24) is 20.2 Å². The van der Waals surface area contributed by atoms with Gasteiger partial charge in [0.2, 0.25) is 0 Å². The third-order valence-corrected chi connectivity index (χ3v) is 5.73. The van der Waals surface area contributed by atoms with Crippen molar-refractivity contribution in [1.29, 1.82) is 0 Å². The lowest BCUT2D eigenvalue weighted by Gasteiger charge is -2.21. The molecule has 3 aromatic heterocycles. The highest BCUT2D eigenvalue weighted by atomic mass is 15.1. The Morgan fingerprint density at radius 1 is 0.846 bits per heavy atom. The van der Waals surface area contributed by atoms with Crippen LogP contribution < -0.4 is 0 Å². The van der Waals surface area contributed by atoms with E-state index in [1.54, 1.807) is 0 Å². The topological polar surface area (TPSA) is 57.4 Å². The number of H-pyrrole nitrogens is 2. The molecule has 0 bridgehead atoms. The van der Waals surface area contributed by atoms with Crippen LogP contribution in [0.5, 0.6) is 0 Å². The van der Waals surface area contributed by atoms with Crippen molar-refractivity contribution in [2.45, 2.75) is 25.7 Å². The number of nitrogens with zero attached hydrogens (tertiary/aromatic N) is 2. The number of hydrogen-bond donors (Lipinski definition) is 2.